The first-order valence-electron chi connectivity index (χ1n) is 9.55. The second-order valence-electron chi connectivity index (χ2n) is 8.76. The van der Waals surface area contributed by atoms with Crippen LogP contribution in [0.25, 0.3) is 0 Å². The Labute approximate surface area is 166 Å². The van der Waals surface area contributed by atoms with Gasteiger partial charge in [-0.25, -0.2) is 0 Å². The Morgan fingerprint density at radius 3 is 1.29 bits per heavy atom. The quantitative estimate of drug-likeness (QED) is 0.530. The van der Waals surface area contributed by atoms with Crippen LogP contribution in [-0.2, 0) is 11.8 Å². The van der Waals surface area contributed by atoms with Crippen molar-refractivity contribution in [1.29, 1.82) is 0 Å². The van der Waals surface area contributed by atoms with Crippen molar-refractivity contribution >= 4 is 0 Å². The molecule has 146 valence electrons. The molecule has 3 nitrogen and oxygen atoms in total. The molecular formula is C25H28O3. The highest BCUT2D eigenvalue weighted by atomic mass is 16.3. The molecule has 0 radical (unpaired) electrons. The van der Waals surface area contributed by atoms with Gasteiger partial charge in [-0.2, -0.15) is 0 Å². The van der Waals surface area contributed by atoms with Crippen LogP contribution in [0.3, 0.4) is 0 Å². The van der Waals surface area contributed by atoms with Crippen molar-refractivity contribution in [3.8, 4) is 17.2 Å². The minimum absolute atomic E-state index is 0.0344. The standard InChI is InChI=1S/C25H28O3/c1-24(2,3)17-25(19-6-12-22(27)13-7-19,20-8-14-23(28)15-9-20)16-18-4-10-21(26)11-5-18/h4-15,26-28H,16-17H2,1-3H3. The fraction of sp³-hybridized carbons (Fsp3) is 0.280. The lowest BCUT2D eigenvalue weighted by Gasteiger charge is -2.40. The molecule has 3 N–H and O–H groups in total. The van der Waals surface area contributed by atoms with Crippen molar-refractivity contribution < 1.29 is 15.3 Å². The predicted molar refractivity (Wildman–Crippen MR) is 113 cm³/mol. The smallest absolute Gasteiger partial charge is 0.115 e. The van der Waals surface area contributed by atoms with E-state index in [1.54, 1.807) is 36.4 Å². The van der Waals surface area contributed by atoms with E-state index in [2.05, 4.69) is 20.8 Å². The number of aromatic hydroxyl groups is 3. The highest BCUT2D eigenvalue weighted by Crippen LogP contribution is 2.45. The third-order valence-electron chi connectivity index (χ3n) is 5.11. The highest BCUT2D eigenvalue weighted by molar-refractivity contribution is 5.45. The number of phenolic OH excluding ortho intramolecular Hbond substituents is 3. The van der Waals surface area contributed by atoms with Gasteiger partial charge in [0.05, 0.1) is 0 Å². The average molecular weight is 376 g/mol. The van der Waals surface area contributed by atoms with Gasteiger partial charge in [0.25, 0.3) is 0 Å². The summed E-state index contributed by atoms with van der Waals surface area (Å²) >= 11 is 0. The largest absolute Gasteiger partial charge is 0.508 e. The average Bonchev–Trinajstić information content (AvgIpc) is 2.63. The van der Waals surface area contributed by atoms with E-state index in [0.717, 1.165) is 29.5 Å². The summed E-state index contributed by atoms with van der Waals surface area (Å²) in [5.74, 6) is 0.729. The van der Waals surface area contributed by atoms with Gasteiger partial charge in [0.1, 0.15) is 17.2 Å². The Morgan fingerprint density at radius 2 is 0.929 bits per heavy atom. The van der Waals surface area contributed by atoms with Crippen LogP contribution in [0.1, 0.15) is 43.9 Å². The number of phenols is 3. The molecule has 0 heterocycles. The topological polar surface area (TPSA) is 60.7 Å². The van der Waals surface area contributed by atoms with Crippen LogP contribution in [0, 0.1) is 5.41 Å². The van der Waals surface area contributed by atoms with Crippen LogP contribution < -0.4 is 0 Å². The van der Waals surface area contributed by atoms with Crippen LogP contribution in [0.5, 0.6) is 17.2 Å². The van der Waals surface area contributed by atoms with Gasteiger partial charge >= 0.3 is 0 Å². The van der Waals surface area contributed by atoms with E-state index in [1.807, 2.05) is 36.4 Å². The van der Waals surface area contributed by atoms with Crippen molar-refractivity contribution in [3.63, 3.8) is 0 Å². The SMILES string of the molecule is CC(C)(C)CC(Cc1ccc(O)cc1)(c1ccc(O)cc1)c1ccc(O)cc1. The lowest BCUT2D eigenvalue weighted by molar-refractivity contribution is 0.282. The van der Waals surface area contributed by atoms with Crippen LogP contribution in [0.2, 0.25) is 0 Å². The highest BCUT2D eigenvalue weighted by Gasteiger charge is 2.38. The first-order chi connectivity index (χ1) is 13.2. The zero-order chi connectivity index (χ0) is 20.4. The van der Waals surface area contributed by atoms with Gasteiger partial charge in [-0.1, -0.05) is 57.2 Å². The molecule has 0 bridgehead atoms. The first kappa shape index (κ1) is 19.8. The third kappa shape index (κ3) is 4.48. The maximum absolute atomic E-state index is 9.82. The van der Waals surface area contributed by atoms with Gasteiger partial charge in [0.15, 0.2) is 0 Å². The molecule has 0 aliphatic carbocycles. The lowest BCUT2D eigenvalue weighted by Crippen LogP contribution is -2.35. The monoisotopic (exact) mass is 376 g/mol. The molecule has 0 aliphatic rings. The van der Waals surface area contributed by atoms with Gasteiger partial charge in [-0.15, -0.1) is 0 Å². The molecule has 0 aliphatic heterocycles. The number of hydrogen-bond donors (Lipinski definition) is 3. The summed E-state index contributed by atoms with van der Waals surface area (Å²) in [7, 11) is 0. The molecule has 0 saturated heterocycles. The summed E-state index contributed by atoms with van der Waals surface area (Å²) in [4.78, 5) is 0. The van der Waals surface area contributed by atoms with Crippen molar-refractivity contribution in [2.75, 3.05) is 0 Å². The molecule has 0 atom stereocenters. The second-order valence-corrected chi connectivity index (χ2v) is 8.76. The Kier molecular flexibility index (Phi) is 5.37. The second kappa shape index (κ2) is 7.59. The number of benzene rings is 3. The lowest BCUT2D eigenvalue weighted by atomic mass is 9.63. The van der Waals surface area contributed by atoms with E-state index in [9.17, 15) is 15.3 Å². The van der Waals surface area contributed by atoms with Crippen molar-refractivity contribution in [1.82, 2.24) is 0 Å². The summed E-state index contributed by atoms with van der Waals surface area (Å²) in [5.41, 5.74) is 3.02. The van der Waals surface area contributed by atoms with Gasteiger partial charge in [0, 0.05) is 5.41 Å². The first-order valence-corrected chi connectivity index (χ1v) is 9.55. The van der Waals surface area contributed by atoms with Crippen LogP contribution >= 0.6 is 0 Å². The molecule has 0 fully saturated rings. The molecule has 0 amide bonds. The molecule has 3 rings (SSSR count). The van der Waals surface area contributed by atoms with E-state index in [1.165, 1.54) is 0 Å². The van der Waals surface area contributed by atoms with Crippen molar-refractivity contribution in [3.05, 3.63) is 89.5 Å². The van der Waals surface area contributed by atoms with Gasteiger partial charge in [-0.05, 0) is 71.3 Å². The summed E-state index contributed by atoms with van der Waals surface area (Å²) in [6.45, 7) is 6.66. The molecule has 3 heteroatoms. The molecule has 3 aromatic rings. The Bertz CT molecular complexity index is 857. The van der Waals surface area contributed by atoms with E-state index in [0.29, 0.717) is 0 Å². The molecule has 0 aromatic heterocycles. The Hall–Kier alpha value is -2.94. The minimum Gasteiger partial charge on any atom is -0.508 e. The van der Waals surface area contributed by atoms with Gasteiger partial charge in [-0.3, -0.25) is 0 Å². The van der Waals surface area contributed by atoms with Gasteiger partial charge < -0.3 is 15.3 Å². The maximum atomic E-state index is 9.82. The van der Waals surface area contributed by atoms with Crippen molar-refractivity contribution in [2.45, 2.75) is 39.0 Å². The normalized spacial score (nSPS) is 12.1. The number of rotatable bonds is 5. The zero-order valence-corrected chi connectivity index (χ0v) is 16.7. The summed E-state index contributed by atoms with van der Waals surface area (Å²) < 4.78 is 0. The molecule has 0 saturated carbocycles. The summed E-state index contributed by atoms with van der Waals surface area (Å²) in [5, 5.41) is 29.3. The Morgan fingerprint density at radius 1 is 0.571 bits per heavy atom. The maximum Gasteiger partial charge on any atom is 0.115 e. The summed E-state index contributed by atoms with van der Waals surface area (Å²) in [6.07, 6.45) is 1.61. The fourth-order valence-corrected chi connectivity index (χ4v) is 4.07. The van der Waals surface area contributed by atoms with Crippen molar-refractivity contribution in [2.24, 2.45) is 5.41 Å². The van der Waals surface area contributed by atoms with Crippen LogP contribution in [-0.4, -0.2) is 15.3 Å². The predicted octanol–water partition coefficient (Wildman–Crippen LogP) is 5.77. The fourth-order valence-electron chi connectivity index (χ4n) is 4.07. The zero-order valence-electron chi connectivity index (χ0n) is 16.7. The molecule has 0 spiro atoms. The number of hydrogen-bond acceptors (Lipinski definition) is 3. The van der Waals surface area contributed by atoms with E-state index < -0.39 is 0 Å². The third-order valence-corrected chi connectivity index (χ3v) is 5.11. The van der Waals surface area contributed by atoms with Crippen LogP contribution in [0.4, 0.5) is 0 Å². The van der Waals surface area contributed by atoms with E-state index in [4.69, 9.17) is 0 Å². The minimum atomic E-state index is -0.351. The molecule has 3 aromatic carbocycles. The summed E-state index contributed by atoms with van der Waals surface area (Å²) in [6, 6.07) is 22.2. The van der Waals surface area contributed by atoms with E-state index >= 15 is 0 Å². The molecule has 28 heavy (non-hydrogen) atoms. The molecule has 0 unspecified atom stereocenters. The Balaban J connectivity index is 2.21. The molecular weight excluding hydrogens is 348 g/mol. The van der Waals surface area contributed by atoms with Gasteiger partial charge in [0.2, 0.25) is 0 Å². The van der Waals surface area contributed by atoms with E-state index in [-0.39, 0.29) is 28.1 Å². The van der Waals surface area contributed by atoms with Crippen LogP contribution in [0.15, 0.2) is 72.8 Å².